The van der Waals surface area contributed by atoms with Crippen molar-refractivity contribution in [1.29, 1.82) is 0 Å². The molecular weight excluding hydrogens is 518 g/mol. The lowest BCUT2D eigenvalue weighted by Crippen LogP contribution is -2.35. The first-order valence-corrected chi connectivity index (χ1v) is 13.1. The smallest absolute Gasteiger partial charge is 0.343 e. The predicted octanol–water partition coefficient (Wildman–Crippen LogP) is 5.49. The molecule has 0 aromatic heterocycles. The molecule has 41 heavy (non-hydrogen) atoms. The molecule has 8 heteroatoms. The van der Waals surface area contributed by atoms with Crippen LogP contribution >= 0.6 is 0 Å². The number of carbonyl (C=O) groups is 3. The van der Waals surface area contributed by atoms with E-state index in [1.165, 1.54) is 6.21 Å². The third kappa shape index (κ3) is 6.39. The van der Waals surface area contributed by atoms with Gasteiger partial charge in [-0.05, 0) is 64.9 Å². The van der Waals surface area contributed by atoms with E-state index in [-0.39, 0.29) is 18.2 Å². The number of nitrogens with one attached hydrogen (secondary N) is 2. The van der Waals surface area contributed by atoms with Gasteiger partial charge in [-0.2, -0.15) is 5.10 Å². The van der Waals surface area contributed by atoms with Crippen LogP contribution in [0.15, 0.2) is 108 Å². The molecule has 2 N–H and O–H groups in total. The van der Waals surface area contributed by atoms with Crippen molar-refractivity contribution >= 4 is 45.5 Å². The van der Waals surface area contributed by atoms with Crippen LogP contribution in [-0.4, -0.2) is 37.1 Å². The predicted molar refractivity (Wildman–Crippen MR) is 159 cm³/mol. The topological polar surface area (TPSA) is 106 Å². The molecule has 0 saturated carbocycles. The zero-order valence-corrected chi connectivity index (χ0v) is 22.3. The summed E-state index contributed by atoms with van der Waals surface area (Å²) in [6, 6.07) is 30.7. The summed E-state index contributed by atoms with van der Waals surface area (Å²) in [5.41, 5.74) is 3.79. The molecule has 0 radical (unpaired) electrons. The first-order valence-electron chi connectivity index (χ1n) is 13.1. The van der Waals surface area contributed by atoms with E-state index >= 15 is 0 Å². The second-order valence-corrected chi connectivity index (χ2v) is 9.05. The van der Waals surface area contributed by atoms with E-state index in [1.807, 2.05) is 67.6 Å². The van der Waals surface area contributed by atoms with Gasteiger partial charge in [0, 0.05) is 11.1 Å². The fourth-order valence-electron chi connectivity index (χ4n) is 4.40. The minimum Gasteiger partial charge on any atom is -0.494 e. The maximum atomic E-state index is 12.9. The van der Waals surface area contributed by atoms with E-state index in [2.05, 4.69) is 15.8 Å². The van der Waals surface area contributed by atoms with E-state index in [0.717, 1.165) is 21.5 Å². The van der Waals surface area contributed by atoms with E-state index in [9.17, 15) is 14.4 Å². The zero-order valence-electron chi connectivity index (χ0n) is 22.3. The van der Waals surface area contributed by atoms with Crippen molar-refractivity contribution < 1.29 is 23.9 Å². The van der Waals surface area contributed by atoms with Crippen molar-refractivity contribution in [1.82, 2.24) is 10.7 Å². The number of esters is 1. The molecule has 0 aliphatic rings. The van der Waals surface area contributed by atoms with Gasteiger partial charge in [-0.15, -0.1) is 0 Å². The van der Waals surface area contributed by atoms with Crippen molar-refractivity contribution in [3.05, 3.63) is 120 Å². The van der Waals surface area contributed by atoms with Crippen LogP contribution in [0.25, 0.3) is 21.5 Å². The fourth-order valence-corrected chi connectivity index (χ4v) is 4.40. The number of carbonyl (C=O) groups excluding carboxylic acids is 3. The molecule has 5 aromatic carbocycles. The molecule has 0 saturated heterocycles. The highest BCUT2D eigenvalue weighted by Crippen LogP contribution is 2.28. The molecule has 0 aliphatic carbocycles. The van der Waals surface area contributed by atoms with Crippen LogP contribution < -0.4 is 20.2 Å². The lowest BCUT2D eigenvalue weighted by Gasteiger charge is -2.11. The van der Waals surface area contributed by atoms with Crippen molar-refractivity contribution in [2.45, 2.75) is 6.92 Å². The van der Waals surface area contributed by atoms with Crippen LogP contribution in [0, 0.1) is 0 Å². The molecule has 0 bridgehead atoms. The number of rotatable bonds is 9. The Kier molecular flexibility index (Phi) is 8.30. The van der Waals surface area contributed by atoms with E-state index in [1.54, 1.807) is 42.5 Å². The van der Waals surface area contributed by atoms with Crippen LogP contribution in [0.4, 0.5) is 0 Å². The number of hydrazone groups is 1. The van der Waals surface area contributed by atoms with Crippen LogP contribution in [-0.2, 0) is 4.79 Å². The highest BCUT2D eigenvalue weighted by Gasteiger charge is 2.15. The Balaban J connectivity index is 1.28. The monoisotopic (exact) mass is 545 g/mol. The molecule has 0 unspecified atom stereocenters. The fraction of sp³-hybridized carbons (Fsp3) is 0.0909. The largest absolute Gasteiger partial charge is 0.494 e. The van der Waals surface area contributed by atoms with E-state index in [4.69, 9.17) is 9.47 Å². The third-order valence-corrected chi connectivity index (χ3v) is 6.36. The summed E-state index contributed by atoms with van der Waals surface area (Å²) in [6.45, 7) is 2.14. The summed E-state index contributed by atoms with van der Waals surface area (Å²) in [6.07, 6.45) is 1.42. The summed E-state index contributed by atoms with van der Waals surface area (Å²) in [7, 11) is 0. The molecule has 0 aliphatic heterocycles. The van der Waals surface area contributed by atoms with Crippen LogP contribution in [0.3, 0.4) is 0 Å². The molecule has 0 spiro atoms. The van der Waals surface area contributed by atoms with Crippen LogP contribution in [0.2, 0.25) is 0 Å². The van der Waals surface area contributed by atoms with Gasteiger partial charge in [-0.25, -0.2) is 10.2 Å². The van der Waals surface area contributed by atoms with E-state index in [0.29, 0.717) is 29.0 Å². The number of hydrogen-bond donors (Lipinski definition) is 2. The van der Waals surface area contributed by atoms with Gasteiger partial charge < -0.3 is 14.8 Å². The van der Waals surface area contributed by atoms with Gasteiger partial charge in [0.05, 0.1) is 24.9 Å². The van der Waals surface area contributed by atoms with Crippen molar-refractivity contribution in [2.24, 2.45) is 5.10 Å². The molecule has 0 atom stereocenters. The summed E-state index contributed by atoms with van der Waals surface area (Å²) >= 11 is 0. The second-order valence-electron chi connectivity index (χ2n) is 9.05. The van der Waals surface area contributed by atoms with Gasteiger partial charge in [0.25, 0.3) is 11.8 Å². The Morgan fingerprint density at radius 1 is 0.780 bits per heavy atom. The molecule has 5 aromatic rings. The Morgan fingerprint density at radius 3 is 2.22 bits per heavy atom. The SMILES string of the molecule is CCOc1ccc(C(=O)Oc2ccc3ccccc3c2/C=N/NC(=O)CNC(=O)c2cccc3ccccc23)cc1. The first kappa shape index (κ1) is 27.1. The molecule has 0 heterocycles. The summed E-state index contributed by atoms with van der Waals surface area (Å²) in [5, 5.41) is 10.1. The van der Waals surface area contributed by atoms with Crippen molar-refractivity contribution in [3.63, 3.8) is 0 Å². The maximum absolute atomic E-state index is 12.9. The van der Waals surface area contributed by atoms with E-state index < -0.39 is 11.9 Å². The number of hydrogen-bond acceptors (Lipinski definition) is 6. The minimum atomic E-state index is -0.543. The third-order valence-electron chi connectivity index (χ3n) is 6.36. The molecule has 8 nitrogen and oxygen atoms in total. The zero-order chi connectivity index (χ0) is 28.6. The van der Waals surface area contributed by atoms with Gasteiger partial charge in [0.1, 0.15) is 11.5 Å². The summed E-state index contributed by atoms with van der Waals surface area (Å²) < 4.78 is 11.2. The quantitative estimate of drug-likeness (QED) is 0.110. The normalized spacial score (nSPS) is 11.0. The molecule has 5 rings (SSSR count). The minimum absolute atomic E-state index is 0.269. The highest BCUT2D eigenvalue weighted by molar-refractivity contribution is 6.08. The lowest BCUT2D eigenvalue weighted by atomic mass is 10.0. The number of nitrogens with zero attached hydrogens (tertiary/aromatic N) is 1. The molecular formula is C33H27N3O5. The molecule has 204 valence electrons. The summed E-state index contributed by atoms with van der Waals surface area (Å²) in [5.74, 6) is -0.476. The number of fused-ring (bicyclic) bond motifs is 2. The first-order chi connectivity index (χ1) is 20.0. The maximum Gasteiger partial charge on any atom is 0.343 e. The average Bonchev–Trinajstić information content (AvgIpc) is 3.01. The number of ether oxygens (including phenoxy) is 2. The molecule has 0 fully saturated rings. The Labute approximate surface area is 236 Å². The van der Waals surface area contributed by atoms with Crippen LogP contribution in [0.1, 0.15) is 33.2 Å². The highest BCUT2D eigenvalue weighted by atomic mass is 16.5. The Morgan fingerprint density at radius 2 is 1.46 bits per heavy atom. The van der Waals surface area contributed by atoms with Gasteiger partial charge >= 0.3 is 5.97 Å². The second kappa shape index (κ2) is 12.6. The lowest BCUT2D eigenvalue weighted by molar-refractivity contribution is -0.120. The van der Waals surface area contributed by atoms with Crippen molar-refractivity contribution in [2.75, 3.05) is 13.2 Å². The number of amides is 2. The Hall–Kier alpha value is -5.50. The Bertz CT molecular complexity index is 1760. The van der Waals surface area contributed by atoms with Gasteiger partial charge in [0.15, 0.2) is 0 Å². The van der Waals surface area contributed by atoms with Gasteiger partial charge in [-0.3, -0.25) is 9.59 Å². The average molecular weight is 546 g/mol. The van der Waals surface area contributed by atoms with Gasteiger partial charge in [-0.1, -0.05) is 66.7 Å². The van der Waals surface area contributed by atoms with Crippen molar-refractivity contribution in [3.8, 4) is 11.5 Å². The van der Waals surface area contributed by atoms with Crippen LogP contribution in [0.5, 0.6) is 11.5 Å². The summed E-state index contributed by atoms with van der Waals surface area (Å²) in [4.78, 5) is 38.1. The number of benzene rings is 5. The standard InChI is InChI=1S/C33H27N3O5/c1-2-40-25-17-14-24(15-18-25)33(39)41-30-19-16-23-9-4-6-12-27(23)29(30)20-35-36-31(37)21-34-32(38)28-13-7-10-22-8-3-5-11-26(22)28/h3-20H,2,21H2,1H3,(H,34,38)(H,36,37)/b35-20+. The van der Waals surface area contributed by atoms with Gasteiger partial charge in [0.2, 0.25) is 0 Å². The molecule has 2 amide bonds.